The SMILES string of the molecule is O=C(NCc1cc[nH]c1)c1cc(Cl)cc(Cl)c1. The highest BCUT2D eigenvalue weighted by molar-refractivity contribution is 6.35. The Balaban J connectivity index is 2.04. The largest absolute Gasteiger partial charge is 0.367 e. The number of carbonyl (C=O) groups is 1. The normalized spacial score (nSPS) is 10.2. The van der Waals surface area contributed by atoms with Crippen molar-refractivity contribution >= 4 is 29.1 Å². The molecule has 3 nitrogen and oxygen atoms in total. The predicted octanol–water partition coefficient (Wildman–Crippen LogP) is 3.25. The van der Waals surface area contributed by atoms with Gasteiger partial charge >= 0.3 is 0 Å². The molecule has 0 aliphatic carbocycles. The number of hydrogen-bond donors (Lipinski definition) is 2. The number of H-pyrrole nitrogens is 1. The van der Waals surface area contributed by atoms with Gasteiger partial charge in [-0.1, -0.05) is 23.2 Å². The third-order valence-corrected chi connectivity index (χ3v) is 2.68. The number of benzene rings is 1. The predicted molar refractivity (Wildman–Crippen MR) is 68.4 cm³/mol. The fourth-order valence-corrected chi connectivity index (χ4v) is 1.96. The standard InChI is InChI=1S/C12H10Cl2N2O/c13-10-3-9(4-11(14)5-10)12(17)16-7-8-1-2-15-6-8/h1-6,15H,7H2,(H,16,17). The molecule has 0 bridgehead atoms. The van der Waals surface area contributed by atoms with E-state index in [-0.39, 0.29) is 5.91 Å². The van der Waals surface area contributed by atoms with Gasteiger partial charge in [-0.3, -0.25) is 4.79 Å². The summed E-state index contributed by atoms with van der Waals surface area (Å²) >= 11 is 11.6. The molecule has 1 aromatic carbocycles. The summed E-state index contributed by atoms with van der Waals surface area (Å²) in [4.78, 5) is 14.7. The highest BCUT2D eigenvalue weighted by Crippen LogP contribution is 2.18. The van der Waals surface area contributed by atoms with Crippen molar-refractivity contribution in [1.29, 1.82) is 0 Å². The van der Waals surface area contributed by atoms with Crippen molar-refractivity contribution in [2.75, 3.05) is 0 Å². The molecule has 0 saturated carbocycles. The van der Waals surface area contributed by atoms with Crippen LogP contribution in [0.5, 0.6) is 0 Å². The van der Waals surface area contributed by atoms with Crippen LogP contribution in [0.1, 0.15) is 15.9 Å². The van der Waals surface area contributed by atoms with Crippen LogP contribution in [0.2, 0.25) is 10.0 Å². The van der Waals surface area contributed by atoms with Crippen LogP contribution in [-0.2, 0) is 6.54 Å². The van der Waals surface area contributed by atoms with Crippen molar-refractivity contribution < 1.29 is 4.79 Å². The van der Waals surface area contributed by atoms with Gasteiger partial charge in [0.1, 0.15) is 0 Å². The zero-order valence-corrected chi connectivity index (χ0v) is 10.3. The average Bonchev–Trinajstić information content (AvgIpc) is 2.77. The number of hydrogen-bond acceptors (Lipinski definition) is 1. The van der Waals surface area contributed by atoms with Crippen LogP contribution in [-0.4, -0.2) is 10.9 Å². The average molecular weight is 269 g/mol. The molecule has 0 radical (unpaired) electrons. The Morgan fingerprint density at radius 3 is 2.53 bits per heavy atom. The first kappa shape index (κ1) is 12.0. The number of aromatic amines is 1. The molecule has 0 aliphatic rings. The van der Waals surface area contributed by atoms with Crippen molar-refractivity contribution in [2.24, 2.45) is 0 Å². The summed E-state index contributed by atoms with van der Waals surface area (Å²) < 4.78 is 0. The summed E-state index contributed by atoms with van der Waals surface area (Å²) in [7, 11) is 0. The van der Waals surface area contributed by atoms with E-state index < -0.39 is 0 Å². The summed E-state index contributed by atoms with van der Waals surface area (Å²) in [6.45, 7) is 0.465. The van der Waals surface area contributed by atoms with Crippen LogP contribution >= 0.6 is 23.2 Å². The van der Waals surface area contributed by atoms with Crippen molar-refractivity contribution in [3.63, 3.8) is 0 Å². The molecule has 0 fully saturated rings. The molecule has 1 heterocycles. The van der Waals surface area contributed by atoms with Crippen LogP contribution in [0.25, 0.3) is 0 Å². The zero-order chi connectivity index (χ0) is 12.3. The molecule has 2 aromatic rings. The van der Waals surface area contributed by atoms with E-state index >= 15 is 0 Å². The first-order valence-corrected chi connectivity index (χ1v) is 5.77. The van der Waals surface area contributed by atoms with Crippen molar-refractivity contribution in [2.45, 2.75) is 6.54 Å². The molecule has 5 heteroatoms. The third kappa shape index (κ3) is 3.25. The van der Waals surface area contributed by atoms with Gasteiger partial charge in [-0.15, -0.1) is 0 Å². The lowest BCUT2D eigenvalue weighted by atomic mass is 10.2. The fourth-order valence-electron chi connectivity index (χ4n) is 1.44. The molecular formula is C12H10Cl2N2O. The minimum Gasteiger partial charge on any atom is -0.367 e. The maximum absolute atomic E-state index is 11.8. The molecule has 0 atom stereocenters. The summed E-state index contributed by atoms with van der Waals surface area (Å²) in [5, 5.41) is 3.68. The van der Waals surface area contributed by atoms with Crippen molar-refractivity contribution in [3.05, 3.63) is 57.8 Å². The molecule has 0 unspecified atom stereocenters. The smallest absolute Gasteiger partial charge is 0.251 e. The van der Waals surface area contributed by atoms with Crippen LogP contribution in [0, 0.1) is 0 Å². The van der Waals surface area contributed by atoms with Crippen LogP contribution in [0.3, 0.4) is 0 Å². The summed E-state index contributed by atoms with van der Waals surface area (Å²) in [5.41, 5.74) is 1.46. The monoisotopic (exact) mass is 268 g/mol. The Labute approximate surface area is 109 Å². The molecule has 17 heavy (non-hydrogen) atoms. The Morgan fingerprint density at radius 1 is 1.24 bits per heavy atom. The quantitative estimate of drug-likeness (QED) is 0.882. The topological polar surface area (TPSA) is 44.9 Å². The first-order valence-electron chi connectivity index (χ1n) is 5.01. The van der Waals surface area contributed by atoms with Gasteiger partial charge in [-0.2, -0.15) is 0 Å². The van der Waals surface area contributed by atoms with E-state index in [0.717, 1.165) is 5.56 Å². The van der Waals surface area contributed by atoms with Gasteiger partial charge in [0.2, 0.25) is 0 Å². The minimum absolute atomic E-state index is 0.199. The molecule has 1 aromatic heterocycles. The van der Waals surface area contributed by atoms with E-state index in [2.05, 4.69) is 10.3 Å². The number of aromatic nitrogens is 1. The molecule has 0 saturated heterocycles. The number of rotatable bonds is 3. The van der Waals surface area contributed by atoms with E-state index in [1.54, 1.807) is 24.4 Å². The van der Waals surface area contributed by atoms with Gasteiger partial charge in [0, 0.05) is 34.5 Å². The lowest BCUT2D eigenvalue weighted by molar-refractivity contribution is 0.0951. The van der Waals surface area contributed by atoms with Gasteiger partial charge in [-0.05, 0) is 29.8 Å². The van der Waals surface area contributed by atoms with E-state index in [4.69, 9.17) is 23.2 Å². The van der Waals surface area contributed by atoms with Crippen LogP contribution < -0.4 is 5.32 Å². The van der Waals surface area contributed by atoms with Crippen molar-refractivity contribution in [1.82, 2.24) is 10.3 Å². The number of halogens is 2. The van der Waals surface area contributed by atoms with E-state index in [9.17, 15) is 4.79 Å². The Hall–Kier alpha value is -1.45. The lowest BCUT2D eigenvalue weighted by Gasteiger charge is -2.04. The fraction of sp³-hybridized carbons (Fsp3) is 0.0833. The van der Waals surface area contributed by atoms with Crippen LogP contribution in [0.15, 0.2) is 36.7 Å². The van der Waals surface area contributed by atoms with E-state index in [1.165, 1.54) is 0 Å². The maximum atomic E-state index is 11.8. The second-order valence-corrected chi connectivity index (χ2v) is 4.43. The number of nitrogens with one attached hydrogen (secondary N) is 2. The minimum atomic E-state index is -0.199. The highest BCUT2D eigenvalue weighted by Gasteiger charge is 2.07. The summed E-state index contributed by atoms with van der Waals surface area (Å²) in [5.74, 6) is -0.199. The second-order valence-electron chi connectivity index (χ2n) is 3.56. The molecule has 1 amide bonds. The van der Waals surface area contributed by atoms with E-state index in [0.29, 0.717) is 22.2 Å². The van der Waals surface area contributed by atoms with Gasteiger partial charge in [0.15, 0.2) is 0 Å². The first-order chi connectivity index (χ1) is 8.15. The van der Waals surface area contributed by atoms with Gasteiger partial charge < -0.3 is 10.3 Å². The number of amides is 1. The number of carbonyl (C=O) groups excluding carboxylic acids is 1. The molecule has 2 rings (SSSR count). The lowest BCUT2D eigenvalue weighted by Crippen LogP contribution is -2.22. The van der Waals surface area contributed by atoms with Crippen molar-refractivity contribution in [3.8, 4) is 0 Å². The maximum Gasteiger partial charge on any atom is 0.251 e. The molecular weight excluding hydrogens is 259 g/mol. The van der Waals surface area contributed by atoms with Crippen LogP contribution in [0.4, 0.5) is 0 Å². The molecule has 0 aliphatic heterocycles. The van der Waals surface area contributed by atoms with Gasteiger partial charge in [-0.25, -0.2) is 0 Å². The summed E-state index contributed by atoms with van der Waals surface area (Å²) in [6.07, 6.45) is 3.63. The highest BCUT2D eigenvalue weighted by atomic mass is 35.5. The summed E-state index contributed by atoms with van der Waals surface area (Å²) in [6, 6.07) is 6.65. The molecule has 0 spiro atoms. The molecule has 2 N–H and O–H groups in total. The zero-order valence-electron chi connectivity index (χ0n) is 8.84. The van der Waals surface area contributed by atoms with Gasteiger partial charge in [0.05, 0.1) is 0 Å². The molecule has 88 valence electrons. The van der Waals surface area contributed by atoms with E-state index in [1.807, 2.05) is 12.3 Å². The Morgan fingerprint density at radius 2 is 1.94 bits per heavy atom. The Kier molecular flexibility index (Phi) is 3.71. The third-order valence-electron chi connectivity index (χ3n) is 2.24. The Bertz CT molecular complexity index is 503. The second kappa shape index (κ2) is 5.25. The van der Waals surface area contributed by atoms with Gasteiger partial charge in [0.25, 0.3) is 5.91 Å².